The maximum Gasteiger partial charge on any atom is 0.350 e. The number of nitrogen functional groups attached to an aromatic ring is 1. The first-order valence-electron chi connectivity index (χ1n) is 5.45. The zero-order chi connectivity index (χ0) is 12.8. The van der Waals surface area contributed by atoms with Crippen molar-refractivity contribution in [1.82, 2.24) is 0 Å². The molecule has 0 bridgehead atoms. The summed E-state index contributed by atoms with van der Waals surface area (Å²) in [7, 11) is 0. The fourth-order valence-corrected chi connectivity index (χ4v) is 2.82. The van der Waals surface area contributed by atoms with Gasteiger partial charge in [0.1, 0.15) is 11.5 Å². The molecule has 18 heavy (non-hydrogen) atoms. The molecule has 0 atom stereocenters. The molecule has 1 aromatic heterocycles. The quantitative estimate of drug-likeness (QED) is 0.518. The first-order valence-corrected chi connectivity index (χ1v) is 7.32. The number of carbonyl (C=O) groups excluding carboxylic acids is 1. The third-order valence-electron chi connectivity index (χ3n) is 2.21. The van der Waals surface area contributed by atoms with Crippen molar-refractivity contribution in [3.63, 3.8) is 0 Å². The number of hydrogen-bond acceptors (Lipinski definition) is 5. The first-order chi connectivity index (χ1) is 8.77. The minimum Gasteiger partial charge on any atom is -0.461 e. The van der Waals surface area contributed by atoms with Crippen LogP contribution < -0.4 is 5.73 Å². The summed E-state index contributed by atoms with van der Waals surface area (Å²) in [5.41, 5.74) is 6.13. The minimum absolute atomic E-state index is 0.337. The zero-order valence-corrected chi connectivity index (χ0v) is 11.3. The Bertz CT molecular complexity index is 511. The molecule has 0 aliphatic heterocycles. The molecule has 2 aromatic rings. The summed E-state index contributed by atoms with van der Waals surface area (Å²) >= 11 is 2.96. The molecule has 1 heterocycles. The van der Waals surface area contributed by atoms with Crippen LogP contribution in [0.5, 0.6) is 0 Å². The van der Waals surface area contributed by atoms with Crippen LogP contribution >= 0.6 is 23.1 Å². The summed E-state index contributed by atoms with van der Waals surface area (Å²) in [6, 6.07) is 11.7. The maximum atomic E-state index is 11.6. The Kier molecular flexibility index (Phi) is 4.66. The summed E-state index contributed by atoms with van der Waals surface area (Å²) in [6.45, 7) is 0.385. The second kappa shape index (κ2) is 6.47. The van der Waals surface area contributed by atoms with E-state index in [9.17, 15) is 4.79 Å². The highest BCUT2D eigenvalue weighted by Gasteiger charge is 2.12. The molecule has 2 N–H and O–H groups in total. The van der Waals surface area contributed by atoms with E-state index in [1.165, 1.54) is 16.2 Å². The van der Waals surface area contributed by atoms with Crippen molar-refractivity contribution in [2.45, 2.75) is 4.90 Å². The number of rotatable bonds is 5. The van der Waals surface area contributed by atoms with Gasteiger partial charge in [-0.15, -0.1) is 23.1 Å². The SMILES string of the molecule is Nc1ccsc1C(=O)OCCSc1ccccc1. The molecule has 1 aromatic carbocycles. The Labute approximate surface area is 114 Å². The fraction of sp³-hybridized carbons (Fsp3) is 0.154. The van der Waals surface area contributed by atoms with Crippen LogP contribution in [-0.2, 0) is 4.74 Å². The summed E-state index contributed by atoms with van der Waals surface area (Å²) < 4.78 is 5.16. The molecule has 5 heteroatoms. The van der Waals surface area contributed by atoms with Crippen molar-refractivity contribution in [3.8, 4) is 0 Å². The molecule has 0 unspecified atom stereocenters. The molecule has 0 aliphatic carbocycles. The lowest BCUT2D eigenvalue weighted by Crippen LogP contribution is -2.07. The van der Waals surface area contributed by atoms with Gasteiger partial charge in [-0.25, -0.2) is 4.79 Å². The second-order valence-electron chi connectivity index (χ2n) is 3.50. The first kappa shape index (κ1) is 13.0. The van der Waals surface area contributed by atoms with E-state index in [-0.39, 0.29) is 5.97 Å². The Morgan fingerprint density at radius 1 is 1.28 bits per heavy atom. The lowest BCUT2D eigenvalue weighted by Gasteiger charge is -2.04. The average molecular weight is 279 g/mol. The number of carbonyl (C=O) groups is 1. The minimum atomic E-state index is -0.337. The van der Waals surface area contributed by atoms with Gasteiger partial charge in [-0.3, -0.25) is 0 Å². The van der Waals surface area contributed by atoms with Gasteiger partial charge in [0, 0.05) is 10.6 Å². The second-order valence-corrected chi connectivity index (χ2v) is 5.59. The molecule has 0 saturated carbocycles. The maximum absolute atomic E-state index is 11.6. The number of nitrogens with two attached hydrogens (primary N) is 1. The fourth-order valence-electron chi connectivity index (χ4n) is 1.36. The van der Waals surface area contributed by atoms with Crippen LogP contribution in [0.2, 0.25) is 0 Å². The van der Waals surface area contributed by atoms with Crippen LogP contribution in [0.4, 0.5) is 5.69 Å². The molecule has 0 saturated heterocycles. The topological polar surface area (TPSA) is 52.3 Å². The normalized spacial score (nSPS) is 10.2. The monoisotopic (exact) mass is 279 g/mol. The summed E-state index contributed by atoms with van der Waals surface area (Å²) in [5, 5.41) is 1.78. The molecular formula is C13H13NO2S2. The molecule has 94 valence electrons. The van der Waals surface area contributed by atoms with Crippen LogP contribution in [0.25, 0.3) is 0 Å². The van der Waals surface area contributed by atoms with Crippen LogP contribution in [0, 0.1) is 0 Å². The molecule has 0 aliphatic rings. The van der Waals surface area contributed by atoms with Gasteiger partial charge in [-0.2, -0.15) is 0 Å². The molecule has 0 radical (unpaired) electrons. The van der Waals surface area contributed by atoms with E-state index in [2.05, 4.69) is 0 Å². The highest BCUT2D eigenvalue weighted by molar-refractivity contribution is 7.99. The Hall–Kier alpha value is -1.46. The van der Waals surface area contributed by atoms with Crippen molar-refractivity contribution in [3.05, 3.63) is 46.7 Å². The Morgan fingerprint density at radius 2 is 2.06 bits per heavy atom. The highest BCUT2D eigenvalue weighted by atomic mass is 32.2. The van der Waals surface area contributed by atoms with E-state index in [1.54, 1.807) is 23.2 Å². The zero-order valence-electron chi connectivity index (χ0n) is 9.67. The predicted molar refractivity (Wildman–Crippen MR) is 76.2 cm³/mol. The van der Waals surface area contributed by atoms with Crippen molar-refractivity contribution in [1.29, 1.82) is 0 Å². The third-order valence-corrected chi connectivity index (χ3v) is 4.10. The van der Waals surface area contributed by atoms with Crippen LogP contribution in [-0.4, -0.2) is 18.3 Å². The molecule has 0 spiro atoms. The largest absolute Gasteiger partial charge is 0.461 e. The number of thioether (sulfide) groups is 1. The van der Waals surface area contributed by atoms with Gasteiger partial charge >= 0.3 is 5.97 Å². The van der Waals surface area contributed by atoms with Gasteiger partial charge in [-0.05, 0) is 23.6 Å². The molecule has 2 rings (SSSR count). The molecule has 0 fully saturated rings. The van der Waals surface area contributed by atoms with Gasteiger partial charge in [0.25, 0.3) is 0 Å². The third kappa shape index (κ3) is 3.51. The number of ether oxygens (including phenoxy) is 1. The standard InChI is InChI=1S/C13H13NO2S2/c14-11-6-8-18-12(11)13(15)16-7-9-17-10-4-2-1-3-5-10/h1-6,8H,7,9,14H2. The van der Waals surface area contributed by atoms with E-state index in [1.807, 2.05) is 30.3 Å². The van der Waals surface area contributed by atoms with E-state index < -0.39 is 0 Å². The number of hydrogen-bond donors (Lipinski definition) is 1. The summed E-state index contributed by atoms with van der Waals surface area (Å²) in [4.78, 5) is 13.3. The van der Waals surface area contributed by atoms with Crippen LogP contribution in [0.15, 0.2) is 46.7 Å². The Morgan fingerprint density at radius 3 is 2.72 bits per heavy atom. The molecule has 0 amide bonds. The van der Waals surface area contributed by atoms with Gasteiger partial charge < -0.3 is 10.5 Å². The average Bonchev–Trinajstić information content (AvgIpc) is 2.82. The lowest BCUT2D eigenvalue weighted by atomic mass is 10.4. The highest BCUT2D eigenvalue weighted by Crippen LogP contribution is 2.20. The van der Waals surface area contributed by atoms with Crippen molar-refractivity contribution >= 4 is 34.8 Å². The van der Waals surface area contributed by atoms with Crippen LogP contribution in [0.1, 0.15) is 9.67 Å². The van der Waals surface area contributed by atoms with E-state index in [0.29, 0.717) is 17.2 Å². The van der Waals surface area contributed by atoms with Gasteiger partial charge in [0.2, 0.25) is 0 Å². The number of anilines is 1. The predicted octanol–water partition coefficient (Wildman–Crippen LogP) is 3.28. The smallest absolute Gasteiger partial charge is 0.350 e. The van der Waals surface area contributed by atoms with Gasteiger partial charge in [0.05, 0.1) is 5.69 Å². The number of esters is 1. The summed E-state index contributed by atoms with van der Waals surface area (Å²) in [6.07, 6.45) is 0. The van der Waals surface area contributed by atoms with E-state index in [4.69, 9.17) is 10.5 Å². The Balaban J connectivity index is 1.73. The lowest BCUT2D eigenvalue weighted by molar-refractivity contribution is 0.0537. The molecular weight excluding hydrogens is 266 g/mol. The van der Waals surface area contributed by atoms with E-state index >= 15 is 0 Å². The van der Waals surface area contributed by atoms with Crippen molar-refractivity contribution in [2.24, 2.45) is 0 Å². The van der Waals surface area contributed by atoms with Gasteiger partial charge in [-0.1, -0.05) is 18.2 Å². The van der Waals surface area contributed by atoms with Crippen LogP contribution in [0.3, 0.4) is 0 Å². The molecule has 3 nitrogen and oxygen atoms in total. The number of thiophene rings is 1. The van der Waals surface area contributed by atoms with Crippen molar-refractivity contribution < 1.29 is 9.53 Å². The van der Waals surface area contributed by atoms with Gasteiger partial charge in [0.15, 0.2) is 0 Å². The number of benzene rings is 1. The van der Waals surface area contributed by atoms with E-state index in [0.717, 1.165) is 5.75 Å². The summed E-state index contributed by atoms with van der Waals surface area (Å²) in [5.74, 6) is 0.400. The van der Waals surface area contributed by atoms with Crippen molar-refractivity contribution in [2.75, 3.05) is 18.1 Å².